The fourth-order valence-electron chi connectivity index (χ4n) is 0.838. The Morgan fingerprint density at radius 3 is 2.45 bits per heavy atom. The summed E-state index contributed by atoms with van der Waals surface area (Å²) in [5.41, 5.74) is 5.12. The van der Waals surface area contributed by atoms with Crippen molar-refractivity contribution in [1.82, 2.24) is 5.32 Å². The van der Waals surface area contributed by atoms with Crippen molar-refractivity contribution in [2.75, 3.05) is 13.8 Å². The fourth-order valence-corrected chi connectivity index (χ4v) is 0.838. The van der Waals surface area contributed by atoms with Crippen LogP contribution in [0.4, 0.5) is 0 Å². The number of rotatable bonds is 5. The second-order valence-electron chi connectivity index (χ2n) is 2.76. The molecule has 4 nitrogen and oxygen atoms in total. The first-order valence-electron chi connectivity index (χ1n) is 3.61. The van der Waals surface area contributed by atoms with E-state index in [9.17, 15) is 4.79 Å². The number of carbonyl (C=O) groups excluding carboxylic acids is 1. The summed E-state index contributed by atoms with van der Waals surface area (Å²) in [5.74, 6) is -0.139. The topological polar surface area (TPSA) is 64.3 Å². The van der Waals surface area contributed by atoms with Gasteiger partial charge in [0.2, 0.25) is 5.91 Å². The van der Waals surface area contributed by atoms with Gasteiger partial charge in [-0.15, -0.1) is 0 Å². The number of amides is 1. The zero-order valence-corrected chi connectivity index (χ0v) is 7.26. The number of hydrogen-bond acceptors (Lipinski definition) is 3. The molecule has 11 heavy (non-hydrogen) atoms. The molecule has 0 heterocycles. The molecule has 0 fully saturated rings. The van der Waals surface area contributed by atoms with Crippen LogP contribution in [0.2, 0.25) is 0 Å². The Kier molecular flexibility index (Phi) is 4.81. The summed E-state index contributed by atoms with van der Waals surface area (Å²) in [6.45, 7) is 4.21. The maximum atomic E-state index is 10.8. The number of ether oxygens (including phenoxy) is 1. The predicted octanol–water partition coefficient (Wildman–Crippen LogP) is -0.310. The van der Waals surface area contributed by atoms with Crippen molar-refractivity contribution >= 4 is 5.91 Å². The molecule has 0 saturated carbocycles. The van der Waals surface area contributed by atoms with Crippen molar-refractivity contribution in [2.24, 2.45) is 11.7 Å². The highest BCUT2D eigenvalue weighted by atomic mass is 16.5. The van der Waals surface area contributed by atoms with Crippen molar-refractivity contribution in [1.29, 1.82) is 0 Å². The third-order valence-electron chi connectivity index (χ3n) is 1.42. The Morgan fingerprint density at radius 1 is 1.64 bits per heavy atom. The average Bonchev–Trinajstić information content (AvgIpc) is 1.87. The summed E-state index contributed by atoms with van der Waals surface area (Å²) in [7, 11) is 1.56. The summed E-state index contributed by atoms with van der Waals surface area (Å²) in [4.78, 5) is 10.8. The maximum absolute atomic E-state index is 10.8. The minimum atomic E-state index is -0.336. The molecule has 0 spiro atoms. The third-order valence-corrected chi connectivity index (χ3v) is 1.42. The largest absolute Gasteiger partial charge is 0.370 e. The lowest BCUT2D eigenvalue weighted by Gasteiger charge is -2.17. The van der Waals surface area contributed by atoms with Crippen molar-refractivity contribution in [2.45, 2.75) is 19.9 Å². The first kappa shape index (κ1) is 10.4. The minimum Gasteiger partial charge on any atom is -0.370 e. The van der Waals surface area contributed by atoms with Gasteiger partial charge in [0.25, 0.3) is 0 Å². The van der Waals surface area contributed by atoms with Crippen LogP contribution in [0.5, 0.6) is 0 Å². The Balaban J connectivity index is 3.80. The molecule has 0 radical (unpaired) electrons. The van der Waals surface area contributed by atoms with Gasteiger partial charge in [0, 0.05) is 7.11 Å². The van der Waals surface area contributed by atoms with Crippen molar-refractivity contribution in [3.05, 3.63) is 0 Å². The highest BCUT2D eigenvalue weighted by molar-refractivity contribution is 5.80. The van der Waals surface area contributed by atoms with Crippen molar-refractivity contribution < 1.29 is 9.53 Å². The molecule has 3 N–H and O–H groups in total. The molecule has 0 bridgehead atoms. The molecule has 0 unspecified atom stereocenters. The maximum Gasteiger partial charge on any atom is 0.234 e. The lowest BCUT2D eigenvalue weighted by molar-refractivity contribution is -0.121. The Labute approximate surface area is 67.1 Å². The van der Waals surface area contributed by atoms with E-state index < -0.39 is 0 Å². The van der Waals surface area contributed by atoms with E-state index in [1.807, 2.05) is 13.8 Å². The van der Waals surface area contributed by atoms with E-state index in [0.717, 1.165) is 0 Å². The number of carbonyl (C=O) groups is 1. The molecule has 0 aliphatic heterocycles. The molecular weight excluding hydrogens is 144 g/mol. The monoisotopic (exact) mass is 160 g/mol. The van der Waals surface area contributed by atoms with Gasteiger partial charge < -0.3 is 10.5 Å². The van der Waals surface area contributed by atoms with Gasteiger partial charge in [-0.3, -0.25) is 10.1 Å². The van der Waals surface area contributed by atoms with Crippen LogP contribution >= 0.6 is 0 Å². The SMILES string of the molecule is COCN[C@H](C(N)=O)C(C)C. The first-order valence-corrected chi connectivity index (χ1v) is 3.61. The molecule has 0 aliphatic carbocycles. The van der Waals surface area contributed by atoms with Crippen LogP contribution in [0, 0.1) is 5.92 Å². The number of primary amides is 1. The van der Waals surface area contributed by atoms with Gasteiger partial charge in [-0.1, -0.05) is 13.8 Å². The number of nitrogens with two attached hydrogens (primary N) is 1. The van der Waals surface area contributed by atoms with Crippen LogP contribution in [0.3, 0.4) is 0 Å². The van der Waals surface area contributed by atoms with Crippen LogP contribution in [0.25, 0.3) is 0 Å². The van der Waals surface area contributed by atoms with Crippen LogP contribution in [-0.4, -0.2) is 25.8 Å². The Morgan fingerprint density at radius 2 is 2.18 bits per heavy atom. The molecule has 0 aromatic heterocycles. The van der Waals surface area contributed by atoms with Gasteiger partial charge in [-0.2, -0.15) is 0 Å². The Bertz CT molecular complexity index is 126. The van der Waals surface area contributed by atoms with E-state index >= 15 is 0 Å². The van der Waals surface area contributed by atoms with Crippen LogP contribution in [-0.2, 0) is 9.53 Å². The quantitative estimate of drug-likeness (QED) is 0.542. The van der Waals surface area contributed by atoms with Gasteiger partial charge in [0.15, 0.2) is 0 Å². The van der Waals surface area contributed by atoms with Crippen molar-refractivity contribution in [3.63, 3.8) is 0 Å². The molecule has 0 aromatic carbocycles. The van der Waals surface area contributed by atoms with Crippen LogP contribution in [0.15, 0.2) is 0 Å². The highest BCUT2D eigenvalue weighted by Gasteiger charge is 2.17. The first-order chi connectivity index (χ1) is 5.09. The predicted molar refractivity (Wildman–Crippen MR) is 42.8 cm³/mol. The highest BCUT2D eigenvalue weighted by Crippen LogP contribution is 1.99. The zero-order chi connectivity index (χ0) is 8.85. The number of methoxy groups -OCH3 is 1. The summed E-state index contributed by atoms with van der Waals surface area (Å²) in [5, 5.41) is 2.87. The summed E-state index contributed by atoms with van der Waals surface area (Å²) >= 11 is 0. The molecule has 66 valence electrons. The Hall–Kier alpha value is -0.610. The molecule has 0 aliphatic rings. The zero-order valence-electron chi connectivity index (χ0n) is 7.26. The van der Waals surface area contributed by atoms with Crippen molar-refractivity contribution in [3.8, 4) is 0 Å². The number of nitrogens with one attached hydrogen (secondary N) is 1. The molecule has 0 aromatic rings. The fraction of sp³-hybridized carbons (Fsp3) is 0.857. The lowest BCUT2D eigenvalue weighted by Crippen LogP contribution is -2.45. The van der Waals surface area contributed by atoms with E-state index in [0.29, 0.717) is 6.73 Å². The summed E-state index contributed by atoms with van der Waals surface area (Å²) in [6, 6.07) is -0.296. The van der Waals surface area contributed by atoms with Gasteiger partial charge in [0.05, 0.1) is 12.8 Å². The normalized spacial score (nSPS) is 13.5. The third kappa shape index (κ3) is 3.95. The van der Waals surface area contributed by atoms with Gasteiger partial charge in [-0.05, 0) is 5.92 Å². The summed E-state index contributed by atoms with van der Waals surface area (Å²) in [6.07, 6.45) is 0. The van der Waals surface area contributed by atoms with E-state index in [1.54, 1.807) is 7.11 Å². The second-order valence-corrected chi connectivity index (χ2v) is 2.76. The van der Waals surface area contributed by atoms with Gasteiger partial charge in [-0.25, -0.2) is 0 Å². The average molecular weight is 160 g/mol. The number of hydrogen-bond donors (Lipinski definition) is 2. The lowest BCUT2D eigenvalue weighted by atomic mass is 10.0. The molecule has 1 atom stereocenters. The van der Waals surface area contributed by atoms with E-state index in [-0.39, 0.29) is 17.9 Å². The molecular formula is C7H16N2O2. The van der Waals surface area contributed by atoms with Crippen LogP contribution < -0.4 is 11.1 Å². The molecule has 0 saturated heterocycles. The molecule has 1 amide bonds. The van der Waals surface area contributed by atoms with E-state index in [4.69, 9.17) is 10.5 Å². The second kappa shape index (κ2) is 5.09. The molecule has 0 rings (SSSR count). The van der Waals surface area contributed by atoms with Gasteiger partial charge >= 0.3 is 0 Å². The van der Waals surface area contributed by atoms with Crippen LogP contribution in [0.1, 0.15) is 13.8 Å². The van der Waals surface area contributed by atoms with Gasteiger partial charge in [0.1, 0.15) is 0 Å². The van der Waals surface area contributed by atoms with E-state index in [2.05, 4.69) is 5.32 Å². The summed E-state index contributed by atoms with van der Waals surface area (Å²) < 4.78 is 4.75. The van der Waals surface area contributed by atoms with E-state index in [1.165, 1.54) is 0 Å². The standard InChI is InChI=1S/C7H16N2O2/c1-5(2)6(7(8)10)9-4-11-3/h5-6,9H,4H2,1-3H3,(H2,8,10)/t6-/m0/s1. The smallest absolute Gasteiger partial charge is 0.234 e. The minimum absolute atomic E-state index is 0.197. The molecule has 4 heteroatoms.